The zero-order valence-electron chi connectivity index (χ0n) is 11.4. The van der Waals surface area contributed by atoms with Crippen LogP contribution in [0.5, 0.6) is 0 Å². The molecular weight excluding hydrogens is 240 g/mol. The Kier molecular flexibility index (Phi) is 4.20. The molecule has 0 saturated carbocycles. The Hall–Kier alpha value is -1.84. The summed E-state index contributed by atoms with van der Waals surface area (Å²) in [5.74, 6) is 0.181. The van der Waals surface area contributed by atoms with E-state index in [1.807, 2.05) is 30.9 Å². The van der Waals surface area contributed by atoms with E-state index in [9.17, 15) is 9.59 Å². The number of carbonyl (C=O) groups excluding carboxylic acids is 2. The molecule has 1 aliphatic heterocycles. The highest BCUT2D eigenvalue weighted by atomic mass is 16.2. The molecule has 1 aromatic carbocycles. The third kappa shape index (κ3) is 3.13. The summed E-state index contributed by atoms with van der Waals surface area (Å²) < 4.78 is 0. The van der Waals surface area contributed by atoms with Gasteiger partial charge < -0.3 is 9.80 Å². The number of hydrogen-bond acceptors (Lipinski definition) is 2. The van der Waals surface area contributed by atoms with Gasteiger partial charge in [-0.25, -0.2) is 0 Å². The molecule has 4 nitrogen and oxygen atoms in total. The van der Waals surface area contributed by atoms with Crippen molar-refractivity contribution in [3.63, 3.8) is 0 Å². The second-order valence-corrected chi connectivity index (χ2v) is 5.05. The van der Waals surface area contributed by atoms with Gasteiger partial charge in [0.1, 0.15) is 0 Å². The highest BCUT2D eigenvalue weighted by molar-refractivity contribution is 5.94. The maximum absolute atomic E-state index is 12.2. The molecule has 0 N–H and O–H groups in total. The molecule has 1 aromatic rings. The molecule has 2 amide bonds. The lowest BCUT2D eigenvalue weighted by Crippen LogP contribution is -2.51. The van der Waals surface area contributed by atoms with Crippen LogP contribution in [0.25, 0.3) is 0 Å². The van der Waals surface area contributed by atoms with Crippen molar-refractivity contribution in [3.05, 3.63) is 35.9 Å². The van der Waals surface area contributed by atoms with E-state index >= 15 is 0 Å². The van der Waals surface area contributed by atoms with Gasteiger partial charge in [0.05, 0.1) is 0 Å². The van der Waals surface area contributed by atoms with Crippen molar-refractivity contribution in [2.75, 3.05) is 26.2 Å². The normalized spacial score (nSPS) is 15.7. The molecule has 1 heterocycles. The number of benzene rings is 1. The number of rotatable bonds is 2. The lowest BCUT2D eigenvalue weighted by atomic mass is 10.1. The number of hydrogen-bond donors (Lipinski definition) is 0. The van der Waals surface area contributed by atoms with Crippen molar-refractivity contribution >= 4 is 11.8 Å². The van der Waals surface area contributed by atoms with Gasteiger partial charge in [0.15, 0.2) is 0 Å². The summed E-state index contributed by atoms with van der Waals surface area (Å²) in [7, 11) is 0. The predicted molar refractivity (Wildman–Crippen MR) is 72.6 cm³/mol. The van der Waals surface area contributed by atoms with Crippen molar-refractivity contribution in [2.24, 2.45) is 5.92 Å². The summed E-state index contributed by atoms with van der Waals surface area (Å²) in [5, 5.41) is 0. The van der Waals surface area contributed by atoms with Gasteiger partial charge in [-0.15, -0.1) is 0 Å². The van der Waals surface area contributed by atoms with Crippen LogP contribution in [0.2, 0.25) is 0 Å². The molecule has 1 aliphatic rings. The molecule has 0 bridgehead atoms. The highest BCUT2D eigenvalue weighted by Crippen LogP contribution is 2.10. The molecule has 2 rings (SSSR count). The van der Waals surface area contributed by atoms with Crippen LogP contribution >= 0.6 is 0 Å². The van der Waals surface area contributed by atoms with Crippen molar-refractivity contribution in [1.82, 2.24) is 9.80 Å². The zero-order valence-corrected chi connectivity index (χ0v) is 11.4. The lowest BCUT2D eigenvalue weighted by Gasteiger charge is -2.35. The summed E-state index contributed by atoms with van der Waals surface area (Å²) >= 11 is 0. The molecule has 0 aromatic heterocycles. The van der Waals surface area contributed by atoms with E-state index in [2.05, 4.69) is 6.07 Å². The number of carbonyl (C=O) groups is 2. The third-order valence-corrected chi connectivity index (χ3v) is 3.31. The van der Waals surface area contributed by atoms with Crippen LogP contribution in [0, 0.1) is 12.0 Å². The van der Waals surface area contributed by atoms with Gasteiger partial charge in [-0.05, 0) is 12.1 Å². The Bertz CT molecular complexity index is 448. The smallest absolute Gasteiger partial charge is 0.254 e. The summed E-state index contributed by atoms with van der Waals surface area (Å²) in [6.45, 7) is 6.24. The molecule has 1 saturated heterocycles. The van der Waals surface area contributed by atoms with E-state index in [-0.39, 0.29) is 17.7 Å². The van der Waals surface area contributed by atoms with Crippen LogP contribution in [0.1, 0.15) is 24.2 Å². The van der Waals surface area contributed by atoms with Gasteiger partial charge in [-0.2, -0.15) is 0 Å². The van der Waals surface area contributed by atoms with Crippen LogP contribution in [-0.2, 0) is 4.79 Å². The summed E-state index contributed by atoms with van der Waals surface area (Å²) in [5.41, 5.74) is 0.589. The molecule has 1 fully saturated rings. The largest absolute Gasteiger partial charge is 0.339 e. The zero-order chi connectivity index (χ0) is 13.8. The highest BCUT2D eigenvalue weighted by Gasteiger charge is 2.25. The first kappa shape index (κ1) is 13.6. The molecule has 1 radical (unpaired) electrons. The van der Waals surface area contributed by atoms with Crippen LogP contribution in [0.3, 0.4) is 0 Å². The van der Waals surface area contributed by atoms with Gasteiger partial charge in [0.2, 0.25) is 5.91 Å². The van der Waals surface area contributed by atoms with Crippen molar-refractivity contribution in [3.8, 4) is 0 Å². The fraction of sp³-hybridized carbons (Fsp3) is 0.467. The average molecular weight is 259 g/mol. The Morgan fingerprint density at radius 3 is 2.26 bits per heavy atom. The Labute approximate surface area is 114 Å². The fourth-order valence-electron chi connectivity index (χ4n) is 2.19. The van der Waals surface area contributed by atoms with Crippen LogP contribution < -0.4 is 0 Å². The molecule has 4 heteroatoms. The van der Waals surface area contributed by atoms with Crippen LogP contribution in [0.15, 0.2) is 24.3 Å². The SMILES string of the molecule is CC(C)C(=O)N1CCN(C(=O)c2[c]cccc2)CC1. The van der Waals surface area contributed by atoms with Gasteiger partial charge in [-0.1, -0.05) is 32.0 Å². The molecular formula is C15H19N2O2. The molecule has 19 heavy (non-hydrogen) atoms. The van der Waals surface area contributed by atoms with E-state index in [4.69, 9.17) is 0 Å². The van der Waals surface area contributed by atoms with E-state index < -0.39 is 0 Å². The number of amides is 2. The van der Waals surface area contributed by atoms with Crippen molar-refractivity contribution in [1.29, 1.82) is 0 Å². The minimum Gasteiger partial charge on any atom is -0.339 e. The summed E-state index contributed by atoms with van der Waals surface area (Å²) in [6.07, 6.45) is 0. The van der Waals surface area contributed by atoms with Crippen molar-refractivity contribution < 1.29 is 9.59 Å². The van der Waals surface area contributed by atoms with Crippen molar-refractivity contribution in [2.45, 2.75) is 13.8 Å². The summed E-state index contributed by atoms with van der Waals surface area (Å²) in [6, 6.07) is 10.1. The fourth-order valence-corrected chi connectivity index (χ4v) is 2.19. The predicted octanol–water partition coefficient (Wildman–Crippen LogP) is 1.43. The quantitative estimate of drug-likeness (QED) is 0.806. The van der Waals surface area contributed by atoms with E-state index in [1.165, 1.54) is 0 Å². The Morgan fingerprint density at radius 1 is 1.11 bits per heavy atom. The molecule has 0 atom stereocenters. The minimum atomic E-state index is -0.00255. The maximum Gasteiger partial charge on any atom is 0.254 e. The van der Waals surface area contributed by atoms with Gasteiger partial charge in [0, 0.05) is 37.7 Å². The topological polar surface area (TPSA) is 40.6 Å². The van der Waals surface area contributed by atoms with Gasteiger partial charge in [0.25, 0.3) is 5.91 Å². The number of nitrogens with zero attached hydrogens (tertiary/aromatic N) is 2. The molecule has 0 aliphatic carbocycles. The third-order valence-electron chi connectivity index (χ3n) is 3.31. The first-order valence-corrected chi connectivity index (χ1v) is 6.64. The lowest BCUT2D eigenvalue weighted by molar-refractivity contribution is -0.135. The Morgan fingerprint density at radius 2 is 1.74 bits per heavy atom. The second kappa shape index (κ2) is 5.87. The first-order chi connectivity index (χ1) is 9.09. The second-order valence-electron chi connectivity index (χ2n) is 5.05. The Balaban J connectivity index is 1.94. The van der Waals surface area contributed by atoms with Crippen LogP contribution in [0.4, 0.5) is 0 Å². The molecule has 0 spiro atoms. The average Bonchev–Trinajstić information content (AvgIpc) is 2.46. The van der Waals surface area contributed by atoms with E-state index in [0.717, 1.165) is 0 Å². The minimum absolute atomic E-state index is 0.00255. The molecule has 101 valence electrons. The van der Waals surface area contributed by atoms with Gasteiger partial charge >= 0.3 is 0 Å². The first-order valence-electron chi connectivity index (χ1n) is 6.64. The van der Waals surface area contributed by atoms with Gasteiger partial charge in [-0.3, -0.25) is 9.59 Å². The monoisotopic (exact) mass is 259 g/mol. The summed E-state index contributed by atoms with van der Waals surface area (Å²) in [4.78, 5) is 27.7. The molecule has 0 unspecified atom stereocenters. The van der Waals surface area contributed by atoms with E-state index in [0.29, 0.717) is 31.7 Å². The maximum atomic E-state index is 12.2. The standard InChI is InChI=1S/C15H19N2O2/c1-12(2)14(18)16-8-10-17(11-9-16)15(19)13-6-4-3-5-7-13/h3-6,12H,8-11H2,1-2H3. The van der Waals surface area contributed by atoms with E-state index in [1.54, 1.807) is 17.0 Å². The number of piperazine rings is 1. The van der Waals surface area contributed by atoms with Crippen LogP contribution in [-0.4, -0.2) is 47.8 Å².